The van der Waals surface area contributed by atoms with Crippen LogP contribution in [0.25, 0.3) is 0 Å². The van der Waals surface area contributed by atoms with E-state index in [0.717, 1.165) is 5.69 Å². The lowest BCUT2D eigenvalue weighted by atomic mass is 9.81. The minimum atomic E-state index is -0.247. The molecule has 7 nitrogen and oxygen atoms in total. The summed E-state index contributed by atoms with van der Waals surface area (Å²) in [5.74, 6) is 0.468. The second-order valence-electron chi connectivity index (χ2n) is 8.17. The Balaban J connectivity index is 1.32. The topological polar surface area (TPSA) is 77.6 Å². The molecule has 3 fully saturated rings. The number of hydrogen-bond acceptors (Lipinski definition) is 5. The Kier molecular flexibility index (Phi) is 5.41. The Labute approximate surface area is 160 Å². The van der Waals surface area contributed by atoms with E-state index < -0.39 is 0 Å². The smallest absolute Gasteiger partial charge is 0.227 e. The highest BCUT2D eigenvalue weighted by molar-refractivity contribution is 5.89. The van der Waals surface area contributed by atoms with Crippen LogP contribution >= 0.6 is 0 Å². The lowest BCUT2D eigenvalue weighted by Gasteiger charge is -2.30. The van der Waals surface area contributed by atoms with Gasteiger partial charge in [0.15, 0.2) is 0 Å². The number of likely N-dealkylation sites (N-methyl/N-ethyl adjacent to an activating group) is 1. The number of hydrazine groups is 1. The van der Waals surface area contributed by atoms with Crippen molar-refractivity contribution in [3.63, 3.8) is 0 Å². The predicted octanol–water partition coefficient (Wildman–Crippen LogP) is 0.924. The molecule has 1 aromatic rings. The SMILES string of the molecule is CN(CC1NNC2CCCCC21)C(=O)C1CC(=O)N(Cc2ccccn2)C1. The predicted molar refractivity (Wildman–Crippen MR) is 101 cm³/mol. The number of nitrogens with zero attached hydrogens (tertiary/aromatic N) is 3. The summed E-state index contributed by atoms with van der Waals surface area (Å²) in [5.41, 5.74) is 7.66. The van der Waals surface area contributed by atoms with Gasteiger partial charge in [0.05, 0.1) is 18.2 Å². The summed E-state index contributed by atoms with van der Waals surface area (Å²) in [5, 5.41) is 0. The molecule has 1 aromatic heterocycles. The molecule has 3 heterocycles. The van der Waals surface area contributed by atoms with Crippen LogP contribution in [-0.2, 0) is 16.1 Å². The molecule has 1 saturated carbocycles. The van der Waals surface area contributed by atoms with Gasteiger partial charge in [0, 0.05) is 44.8 Å². The molecule has 0 radical (unpaired) electrons. The van der Waals surface area contributed by atoms with Gasteiger partial charge in [-0.1, -0.05) is 18.9 Å². The molecule has 4 rings (SSSR count). The van der Waals surface area contributed by atoms with Gasteiger partial charge in [-0.15, -0.1) is 0 Å². The molecule has 2 saturated heterocycles. The van der Waals surface area contributed by atoms with E-state index in [9.17, 15) is 9.59 Å². The summed E-state index contributed by atoms with van der Waals surface area (Å²) in [4.78, 5) is 33.1. The molecule has 1 aliphatic carbocycles. The fraction of sp³-hybridized carbons (Fsp3) is 0.650. The highest BCUT2D eigenvalue weighted by atomic mass is 16.2. The van der Waals surface area contributed by atoms with Crippen LogP contribution < -0.4 is 10.9 Å². The molecule has 0 spiro atoms. The van der Waals surface area contributed by atoms with E-state index in [1.54, 1.807) is 11.1 Å². The number of pyridine rings is 1. The first-order valence-electron chi connectivity index (χ1n) is 10.1. The van der Waals surface area contributed by atoms with Crippen molar-refractivity contribution in [1.82, 2.24) is 25.6 Å². The number of aromatic nitrogens is 1. The molecule has 2 aliphatic heterocycles. The van der Waals surface area contributed by atoms with Crippen LogP contribution in [0.4, 0.5) is 0 Å². The second-order valence-corrected chi connectivity index (χ2v) is 8.17. The first-order chi connectivity index (χ1) is 13.1. The molecular formula is C20H29N5O2. The summed E-state index contributed by atoms with van der Waals surface area (Å²) in [6.45, 7) is 1.66. The van der Waals surface area contributed by atoms with Crippen LogP contribution in [0, 0.1) is 11.8 Å². The second kappa shape index (κ2) is 7.94. The molecule has 0 bridgehead atoms. The van der Waals surface area contributed by atoms with Crippen molar-refractivity contribution in [1.29, 1.82) is 0 Å². The van der Waals surface area contributed by atoms with Crippen molar-refractivity contribution in [3.8, 4) is 0 Å². The van der Waals surface area contributed by atoms with Crippen molar-refractivity contribution >= 4 is 11.8 Å². The monoisotopic (exact) mass is 371 g/mol. The molecular weight excluding hydrogens is 342 g/mol. The van der Waals surface area contributed by atoms with Gasteiger partial charge in [0.2, 0.25) is 11.8 Å². The standard InChI is InChI=1S/C20H29N5O2/c1-24(13-18-16-7-2-3-8-17(16)22-23-18)20(27)14-10-19(26)25(11-14)12-15-6-4-5-9-21-15/h4-6,9,14,16-18,22-23H,2-3,7-8,10-13H2,1H3. The number of fused-ring (bicyclic) bond motifs is 1. The lowest BCUT2D eigenvalue weighted by molar-refractivity contribution is -0.135. The third kappa shape index (κ3) is 3.99. The third-order valence-corrected chi connectivity index (χ3v) is 6.28. The largest absolute Gasteiger partial charge is 0.344 e. The molecule has 2 N–H and O–H groups in total. The maximum atomic E-state index is 12.9. The molecule has 7 heteroatoms. The summed E-state index contributed by atoms with van der Waals surface area (Å²) in [6, 6.07) is 6.52. The first-order valence-corrected chi connectivity index (χ1v) is 10.1. The summed E-state index contributed by atoms with van der Waals surface area (Å²) >= 11 is 0. The molecule has 4 atom stereocenters. The number of carbonyl (C=O) groups excluding carboxylic acids is 2. The third-order valence-electron chi connectivity index (χ3n) is 6.28. The van der Waals surface area contributed by atoms with Crippen molar-refractivity contribution in [2.24, 2.45) is 11.8 Å². The van der Waals surface area contributed by atoms with E-state index in [4.69, 9.17) is 0 Å². The minimum Gasteiger partial charge on any atom is -0.344 e. The zero-order valence-corrected chi connectivity index (χ0v) is 15.9. The van der Waals surface area contributed by atoms with Gasteiger partial charge in [-0.2, -0.15) is 0 Å². The number of likely N-dealkylation sites (tertiary alicyclic amines) is 1. The quantitative estimate of drug-likeness (QED) is 0.805. The Morgan fingerprint density at radius 1 is 1.30 bits per heavy atom. The first kappa shape index (κ1) is 18.4. The summed E-state index contributed by atoms with van der Waals surface area (Å²) in [6.07, 6.45) is 7.03. The van der Waals surface area contributed by atoms with Gasteiger partial charge in [-0.25, -0.2) is 0 Å². The van der Waals surface area contributed by atoms with Gasteiger partial charge in [-0.05, 0) is 30.9 Å². The van der Waals surface area contributed by atoms with Gasteiger partial charge >= 0.3 is 0 Å². The van der Waals surface area contributed by atoms with Crippen molar-refractivity contribution < 1.29 is 9.59 Å². The highest BCUT2D eigenvalue weighted by Crippen LogP contribution is 2.30. The minimum absolute atomic E-state index is 0.0420. The highest BCUT2D eigenvalue weighted by Gasteiger charge is 2.40. The van der Waals surface area contributed by atoms with E-state index in [1.807, 2.05) is 30.1 Å². The fourth-order valence-corrected chi connectivity index (χ4v) is 4.80. The molecule has 4 unspecified atom stereocenters. The Hall–Kier alpha value is -1.99. The number of amides is 2. The van der Waals surface area contributed by atoms with Gasteiger partial charge < -0.3 is 9.80 Å². The van der Waals surface area contributed by atoms with Crippen LogP contribution in [0.2, 0.25) is 0 Å². The number of carbonyl (C=O) groups is 2. The number of rotatable bonds is 5. The van der Waals surface area contributed by atoms with Crippen LogP contribution in [-0.4, -0.2) is 58.8 Å². The zero-order chi connectivity index (χ0) is 18.8. The van der Waals surface area contributed by atoms with Crippen molar-refractivity contribution in [3.05, 3.63) is 30.1 Å². The molecule has 3 aliphatic rings. The maximum absolute atomic E-state index is 12.9. The van der Waals surface area contributed by atoms with Crippen LogP contribution in [0.15, 0.2) is 24.4 Å². The van der Waals surface area contributed by atoms with Gasteiger partial charge in [0.1, 0.15) is 0 Å². The number of hydrogen-bond donors (Lipinski definition) is 2. The van der Waals surface area contributed by atoms with Crippen LogP contribution in [0.3, 0.4) is 0 Å². The Morgan fingerprint density at radius 2 is 2.15 bits per heavy atom. The van der Waals surface area contributed by atoms with E-state index in [2.05, 4.69) is 15.8 Å². The zero-order valence-electron chi connectivity index (χ0n) is 15.9. The van der Waals surface area contributed by atoms with E-state index in [1.165, 1.54) is 25.7 Å². The van der Waals surface area contributed by atoms with Crippen LogP contribution in [0.1, 0.15) is 37.8 Å². The van der Waals surface area contributed by atoms with Crippen molar-refractivity contribution in [2.75, 3.05) is 20.1 Å². The lowest BCUT2D eigenvalue weighted by Crippen LogP contribution is -2.45. The normalized spacial score (nSPS) is 30.4. The van der Waals surface area contributed by atoms with Crippen molar-refractivity contribution in [2.45, 2.75) is 50.7 Å². The molecule has 2 amide bonds. The average molecular weight is 371 g/mol. The summed E-state index contributed by atoms with van der Waals surface area (Å²) in [7, 11) is 1.87. The van der Waals surface area contributed by atoms with E-state index in [0.29, 0.717) is 44.1 Å². The Morgan fingerprint density at radius 3 is 2.96 bits per heavy atom. The average Bonchev–Trinajstić information content (AvgIpc) is 3.26. The van der Waals surface area contributed by atoms with Gasteiger partial charge in [-0.3, -0.25) is 25.4 Å². The summed E-state index contributed by atoms with van der Waals surface area (Å²) < 4.78 is 0. The van der Waals surface area contributed by atoms with E-state index >= 15 is 0 Å². The number of nitrogens with one attached hydrogen (secondary N) is 2. The maximum Gasteiger partial charge on any atom is 0.227 e. The van der Waals surface area contributed by atoms with E-state index in [-0.39, 0.29) is 17.7 Å². The molecule has 27 heavy (non-hydrogen) atoms. The molecule has 0 aromatic carbocycles. The van der Waals surface area contributed by atoms with Crippen LogP contribution in [0.5, 0.6) is 0 Å². The molecule has 146 valence electrons. The Bertz CT molecular complexity index is 682. The fourth-order valence-electron chi connectivity index (χ4n) is 4.80. The van der Waals surface area contributed by atoms with Gasteiger partial charge in [0.25, 0.3) is 0 Å².